The lowest BCUT2D eigenvalue weighted by Gasteiger charge is -2.18. The van der Waals surface area contributed by atoms with Crippen molar-refractivity contribution in [1.29, 1.82) is 0 Å². The van der Waals surface area contributed by atoms with Crippen LogP contribution < -0.4 is 10.6 Å². The third-order valence-electron chi connectivity index (χ3n) is 5.33. The molecule has 4 aromatic carbocycles. The number of thioether (sulfide) groups is 1. The first-order valence-electron chi connectivity index (χ1n) is 11.1. The summed E-state index contributed by atoms with van der Waals surface area (Å²) in [5, 5.41) is 15.0. The minimum Gasteiger partial charge on any atom is -0.478 e. The maximum atomic E-state index is 13.4. The van der Waals surface area contributed by atoms with Crippen LogP contribution in [0.4, 0.5) is 11.4 Å². The molecule has 1 unspecified atom stereocenters. The zero-order valence-electron chi connectivity index (χ0n) is 19.5. The molecule has 0 fully saturated rings. The number of halogens is 3. The van der Waals surface area contributed by atoms with Crippen molar-refractivity contribution in [3.05, 3.63) is 123 Å². The second-order valence-corrected chi connectivity index (χ2v) is 10.4. The van der Waals surface area contributed by atoms with E-state index in [0.29, 0.717) is 16.4 Å². The molecule has 3 N–H and O–H groups in total. The number of amides is 2. The van der Waals surface area contributed by atoms with E-state index in [0.717, 1.165) is 10.5 Å². The van der Waals surface area contributed by atoms with Gasteiger partial charge in [0.05, 0.1) is 21.2 Å². The molecule has 1 atom stereocenters. The van der Waals surface area contributed by atoms with Crippen molar-refractivity contribution in [2.45, 2.75) is 10.1 Å². The lowest BCUT2D eigenvalue weighted by molar-refractivity contribution is -0.115. The quantitative estimate of drug-likeness (QED) is 0.182. The van der Waals surface area contributed by atoms with Crippen LogP contribution in [-0.4, -0.2) is 22.9 Å². The zero-order valence-corrected chi connectivity index (χ0v) is 22.5. The van der Waals surface area contributed by atoms with Gasteiger partial charge in [-0.3, -0.25) is 9.59 Å². The maximum absolute atomic E-state index is 13.4. The Labute approximate surface area is 237 Å². The zero-order chi connectivity index (χ0) is 27.2. The number of nitrogens with one attached hydrogen (secondary N) is 2. The number of anilines is 2. The molecule has 0 saturated carbocycles. The van der Waals surface area contributed by atoms with E-state index in [9.17, 15) is 19.5 Å². The van der Waals surface area contributed by atoms with Gasteiger partial charge in [-0.25, -0.2) is 4.79 Å². The van der Waals surface area contributed by atoms with Gasteiger partial charge in [0.2, 0.25) is 5.91 Å². The van der Waals surface area contributed by atoms with Gasteiger partial charge in [-0.1, -0.05) is 71.2 Å². The average molecular weight is 586 g/mol. The number of carboxylic acid groups (broad SMARTS) is 1. The number of aromatic carboxylic acids is 1. The first-order chi connectivity index (χ1) is 18.2. The van der Waals surface area contributed by atoms with Gasteiger partial charge in [-0.15, -0.1) is 11.8 Å². The molecule has 2 amide bonds. The van der Waals surface area contributed by atoms with Crippen molar-refractivity contribution in [2.75, 3.05) is 10.6 Å². The van der Waals surface area contributed by atoms with Gasteiger partial charge in [0, 0.05) is 21.3 Å². The number of benzene rings is 4. The largest absolute Gasteiger partial charge is 0.478 e. The number of carbonyl (C=O) groups excluding carboxylic acids is 2. The van der Waals surface area contributed by atoms with E-state index in [1.54, 1.807) is 30.3 Å². The van der Waals surface area contributed by atoms with E-state index >= 15 is 0 Å². The van der Waals surface area contributed by atoms with Crippen LogP contribution in [-0.2, 0) is 4.79 Å². The van der Waals surface area contributed by atoms with Gasteiger partial charge >= 0.3 is 5.97 Å². The van der Waals surface area contributed by atoms with E-state index in [1.807, 2.05) is 36.4 Å². The van der Waals surface area contributed by atoms with Crippen LogP contribution in [0.1, 0.15) is 31.5 Å². The number of carbonyl (C=O) groups is 3. The molecule has 0 aliphatic heterocycles. The van der Waals surface area contributed by atoms with Crippen LogP contribution in [0.2, 0.25) is 15.1 Å². The Hall–Kier alpha value is -3.49. The maximum Gasteiger partial charge on any atom is 0.337 e. The van der Waals surface area contributed by atoms with Crippen molar-refractivity contribution in [3.63, 3.8) is 0 Å². The fourth-order valence-corrected chi connectivity index (χ4v) is 5.31. The second-order valence-electron chi connectivity index (χ2n) is 8.00. The topological polar surface area (TPSA) is 95.5 Å². The fraction of sp³-hybridized carbons (Fsp3) is 0.0357. The highest BCUT2D eigenvalue weighted by Gasteiger charge is 2.23. The number of hydrogen-bond acceptors (Lipinski definition) is 4. The molecule has 4 aromatic rings. The highest BCUT2D eigenvalue weighted by Crippen LogP contribution is 2.37. The lowest BCUT2D eigenvalue weighted by atomic mass is 10.1. The van der Waals surface area contributed by atoms with Gasteiger partial charge in [0.25, 0.3) is 5.91 Å². The molecule has 0 saturated heterocycles. The minimum atomic E-state index is -1.20. The number of hydrogen-bond donors (Lipinski definition) is 3. The SMILES string of the molecule is O=C(O)c1cc(NC(=O)C(Sc2cccc(NC(=O)c3ccc(Cl)cc3Cl)c2)c2ccccc2)ccc1Cl. The number of rotatable bonds is 8. The number of carboxylic acids is 1. The minimum absolute atomic E-state index is 0.0724. The molecule has 0 radical (unpaired) electrons. The highest BCUT2D eigenvalue weighted by molar-refractivity contribution is 8.00. The molecule has 0 aliphatic rings. The summed E-state index contributed by atoms with van der Waals surface area (Å²) in [4.78, 5) is 38.3. The summed E-state index contributed by atoms with van der Waals surface area (Å²) in [6.07, 6.45) is 0. The smallest absolute Gasteiger partial charge is 0.337 e. The molecule has 0 aromatic heterocycles. The van der Waals surface area contributed by atoms with Crippen LogP contribution in [0, 0.1) is 0 Å². The van der Waals surface area contributed by atoms with Gasteiger partial charge in [-0.05, 0) is 60.2 Å². The van der Waals surface area contributed by atoms with Crippen molar-refractivity contribution in [1.82, 2.24) is 0 Å². The molecule has 0 heterocycles. The molecule has 0 aliphatic carbocycles. The van der Waals surface area contributed by atoms with Crippen LogP contribution in [0.15, 0.2) is 95.9 Å². The monoisotopic (exact) mass is 584 g/mol. The van der Waals surface area contributed by atoms with Crippen LogP contribution in [0.5, 0.6) is 0 Å². The summed E-state index contributed by atoms with van der Waals surface area (Å²) < 4.78 is 0. The molecular formula is C28H19Cl3N2O4S. The molecule has 0 bridgehead atoms. The van der Waals surface area contributed by atoms with Crippen LogP contribution in [0.3, 0.4) is 0 Å². The van der Waals surface area contributed by atoms with Crippen molar-refractivity contribution in [3.8, 4) is 0 Å². The van der Waals surface area contributed by atoms with Gasteiger partial charge < -0.3 is 15.7 Å². The van der Waals surface area contributed by atoms with Gasteiger partial charge in [-0.2, -0.15) is 0 Å². The Morgan fingerprint density at radius 2 is 1.45 bits per heavy atom. The molecule has 0 spiro atoms. The first-order valence-corrected chi connectivity index (χ1v) is 13.1. The van der Waals surface area contributed by atoms with Crippen molar-refractivity contribution >= 4 is 75.7 Å². The first kappa shape index (κ1) is 27.5. The summed E-state index contributed by atoms with van der Waals surface area (Å²) in [6.45, 7) is 0. The molecule has 192 valence electrons. The summed E-state index contributed by atoms with van der Waals surface area (Å²) in [5.41, 5.74) is 1.73. The summed E-state index contributed by atoms with van der Waals surface area (Å²) in [7, 11) is 0. The normalized spacial score (nSPS) is 11.4. The third-order valence-corrected chi connectivity index (χ3v) is 7.45. The van der Waals surface area contributed by atoms with E-state index in [4.69, 9.17) is 34.8 Å². The lowest BCUT2D eigenvalue weighted by Crippen LogP contribution is -2.19. The second kappa shape index (κ2) is 12.4. The van der Waals surface area contributed by atoms with Crippen molar-refractivity contribution < 1.29 is 19.5 Å². The summed E-state index contributed by atoms with van der Waals surface area (Å²) >= 11 is 19.3. The van der Waals surface area contributed by atoms with Gasteiger partial charge in [0.1, 0.15) is 5.25 Å². The van der Waals surface area contributed by atoms with E-state index in [2.05, 4.69) is 10.6 Å². The van der Waals surface area contributed by atoms with Crippen molar-refractivity contribution in [2.24, 2.45) is 0 Å². The van der Waals surface area contributed by atoms with E-state index < -0.39 is 17.1 Å². The fourth-order valence-electron chi connectivity index (χ4n) is 3.53. The molecule has 4 rings (SSSR count). The van der Waals surface area contributed by atoms with Crippen LogP contribution in [0.25, 0.3) is 0 Å². The summed E-state index contributed by atoms with van der Waals surface area (Å²) in [6, 6.07) is 25.1. The van der Waals surface area contributed by atoms with E-state index in [-0.39, 0.29) is 27.1 Å². The Balaban J connectivity index is 1.56. The predicted octanol–water partition coefficient (Wildman–Crippen LogP) is 8.07. The molecule has 38 heavy (non-hydrogen) atoms. The predicted molar refractivity (Wildman–Crippen MR) is 153 cm³/mol. The molecular weight excluding hydrogens is 567 g/mol. The average Bonchev–Trinajstić information content (AvgIpc) is 2.89. The highest BCUT2D eigenvalue weighted by atomic mass is 35.5. The molecule has 6 nitrogen and oxygen atoms in total. The Morgan fingerprint density at radius 1 is 0.711 bits per heavy atom. The standard InChI is InChI=1S/C28H19Cl3N2O4S/c29-17-9-11-21(24(31)13-17)26(34)32-18-7-4-8-20(14-18)38-25(16-5-2-1-3-6-16)27(35)33-19-10-12-23(30)22(15-19)28(36)37/h1-15,25H,(H,32,34)(H,33,35)(H,36,37). The summed E-state index contributed by atoms with van der Waals surface area (Å²) in [5.74, 6) is -1.95. The van der Waals surface area contributed by atoms with E-state index in [1.165, 1.54) is 36.0 Å². The van der Waals surface area contributed by atoms with Crippen LogP contribution >= 0.6 is 46.6 Å². The molecule has 10 heteroatoms. The third kappa shape index (κ3) is 6.88. The Kier molecular flexibility index (Phi) is 8.97. The Morgan fingerprint density at radius 3 is 2.16 bits per heavy atom. The Bertz CT molecular complexity index is 1520. The van der Waals surface area contributed by atoms with Gasteiger partial charge in [0.15, 0.2) is 0 Å².